The Morgan fingerprint density at radius 1 is 1.48 bits per heavy atom. The molecule has 1 aromatic heterocycles. The van der Waals surface area contributed by atoms with Gasteiger partial charge in [-0.3, -0.25) is 4.98 Å². The largest absolute Gasteiger partial charge is 0.494 e. The van der Waals surface area contributed by atoms with Crippen LogP contribution in [-0.2, 0) is 15.6 Å². The molecule has 2 aromatic rings. The van der Waals surface area contributed by atoms with Gasteiger partial charge in [-0.1, -0.05) is 11.6 Å². The maximum atomic E-state index is 12.5. The first-order valence-electron chi connectivity index (χ1n) is 5.56. The van der Waals surface area contributed by atoms with E-state index in [1.165, 1.54) is 36.2 Å². The smallest absolute Gasteiger partial charge is 0.339 e. The van der Waals surface area contributed by atoms with Crippen LogP contribution < -0.4 is 4.74 Å². The molecule has 0 saturated heterocycles. The number of sulfone groups is 1. The van der Waals surface area contributed by atoms with Gasteiger partial charge in [0, 0.05) is 16.1 Å². The minimum atomic E-state index is -3.81. The monoisotopic (exact) mass is 347 g/mol. The predicted octanol–water partition coefficient (Wildman–Crippen LogP) is 2.48. The van der Waals surface area contributed by atoms with Crippen LogP contribution >= 0.6 is 22.9 Å². The number of halogens is 1. The molecule has 0 atom stereocenters. The van der Waals surface area contributed by atoms with Crippen molar-refractivity contribution in [3.05, 3.63) is 39.3 Å². The Bertz CT molecular complexity index is 771. The summed E-state index contributed by atoms with van der Waals surface area (Å²) in [5, 5.41) is 9.14. The second-order valence-electron chi connectivity index (χ2n) is 4.02. The van der Waals surface area contributed by atoms with Gasteiger partial charge in [0.25, 0.3) is 0 Å². The summed E-state index contributed by atoms with van der Waals surface area (Å²) in [7, 11) is -2.60. The highest BCUT2D eigenvalue weighted by molar-refractivity contribution is 7.90. The van der Waals surface area contributed by atoms with Crippen molar-refractivity contribution in [3.63, 3.8) is 0 Å². The van der Waals surface area contributed by atoms with Gasteiger partial charge in [0.15, 0.2) is 15.6 Å². The van der Waals surface area contributed by atoms with E-state index in [0.29, 0.717) is 4.88 Å². The summed E-state index contributed by atoms with van der Waals surface area (Å²) >= 11 is 7.01. The van der Waals surface area contributed by atoms with Crippen molar-refractivity contribution in [2.45, 2.75) is 10.6 Å². The van der Waals surface area contributed by atoms with Gasteiger partial charge in [0.1, 0.15) is 10.5 Å². The van der Waals surface area contributed by atoms with Gasteiger partial charge in [0.05, 0.1) is 18.4 Å². The van der Waals surface area contributed by atoms with Crippen LogP contribution in [-0.4, -0.2) is 31.6 Å². The molecule has 112 valence electrons. The zero-order chi connectivity index (χ0) is 15.6. The van der Waals surface area contributed by atoms with Gasteiger partial charge in [-0.25, -0.2) is 13.2 Å². The van der Waals surface area contributed by atoms with E-state index in [4.69, 9.17) is 21.4 Å². The second kappa shape index (κ2) is 6.00. The Kier molecular flexibility index (Phi) is 4.50. The lowest BCUT2D eigenvalue weighted by Gasteiger charge is -2.12. The predicted molar refractivity (Wildman–Crippen MR) is 78.0 cm³/mol. The van der Waals surface area contributed by atoms with E-state index in [2.05, 4.69) is 4.98 Å². The molecule has 1 aromatic carbocycles. The first-order chi connectivity index (χ1) is 9.85. The molecule has 0 amide bonds. The molecule has 21 heavy (non-hydrogen) atoms. The van der Waals surface area contributed by atoms with Crippen LogP contribution in [0.1, 0.15) is 15.2 Å². The van der Waals surface area contributed by atoms with Crippen molar-refractivity contribution in [2.24, 2.45) is 0 Å². The summed E-state index contributed by atoms with van der Waals surface area (Å²) in [6.07, 6.45) is 1.44. The molecule has 0 spiro atoms. The highest BCUT2D eigenvalue weighted by Crippen LogP contribution is 2.34. The summed E-state index contributed by atoms with van der Waals surface area (Å²) in [5.41, 5.74) is 1.22. The molecular weight excluding hydrogens is 338 g/mol. The standard InChI is InChI=1S/C12H10ClNO5S2/c1-19-11-9(12(15)16)2-7(13)3-10(11)21(17,18)5-8-4-14-6-20-8/h2-4,6H,5H2,1H3,(H,15,16). The lowest BCUT2D eigenvalue weighted by molar-refractivity contribution is 0.0693. The first kappa shape index (κ1) is 15.7. The third-order valence-electron chi connectivity index (χ3n) is 2.60. The molecular formula is C12H10ClNO5S2. The summed E-state index contributed by atoms with van der Waals surface area (Å²) < 4.78 is 29.9. The minimum Gasteiger partial charge on any atom is -0.494 e. The number of nitrogens with zero attached hydrogens (tertiary/aromatic N) is 1. The van der Waals surface area contributed by atoms with Crippen LogP contribution in [0.3, 0.4) is 0 Å². The van der Waals surface area contributed by atoms with Gasteiger partial charge < -0.3 is 9.84 Å². The second-order valence-corrected chi connectivity index (χ2v) is 7.38. The van der Waals surface area contributed by atoms with Crippen LogP contribution in [0.5, 0.6) is 5.75 Å². The molecule has 0 bridgehead atoms. The number of benzene rings is 1. The van der Waals surface area contributed by atoms with Crippen molar-refractivity contribution in [3.8, 4) is 5.75 Å². The minimum absolute atomic E-state index is 0.0103. The highest BCUT2D eigenvalue weighted by Gasteiger charge is 2.26. The Morgan fingerprint density at radius 2 is 2.19 bits per heavy atom. The molecule has 0 unspecified atom stereocenters. The summed E-state index contributed by atoms with van der Waals surface area (Å²) in [5.74, 6) is -1.84. The van der Waals surface area contributed by atoms with Crippen LogP contribution in [0.4, 0.5) is 0 Å². The third kappa shape index (κ3) is 3.34. The molecule has 0 saturated carbocycles. The number of carboxylic acid groups (broad SMARTS) is 1. The van der Waals surface area contributed by atoms with Gasteiger partial charge in [-0.15, -0.1) is 11.3 Å². The van der Waals surface area contributed by atoms with Crippen molar-refractivity contribution < 1.29 is 23.1 Å². The number of methoxy groups -OCH3 is 1. The van der Waals surface area contributed by atoms with E-state index < -0.39 is 15.8 Å². The van der Waals surface area contributed by atoms with Crippen molar-refractivity contribution in [1.82, 2.24) is 4.98 Å². The van der Waals surface area contributed by atoms with Crippen LogP contribution in [0.2, 0.25) is 5.02 Å². The van der Waals surface area contributed by atoms with E-state index in [1.807, 2.05) is 0 Å². The molecule has 1 N–H and O–H groups in total. The average Bonchev–Trinajstić information content (AvgIpc) is 2.89. The lowest BCUT2D eigenvalue weighted by atomic mass is 10.2. The summed E-state index contributed by atoms with van der Waals surface area (Å²) in [6.45, 7) is 0. The SMILES string of the molecule is COc1c(C(=O)O)cc(Cl)cc1S(=O)(=O)Cc1cncs1. The number of aromatic nitrogens is 1. The highest BCUT2D eigenvalue weighted by atomic mass is 35.5. The van der Waals surface area contributed by atoms with Crippen LogP contribution in [0.25, 0.3) is 0 Å². The molecule has 2 rings (SSSR count). The van der Waals surface area contributed by atoms with E-state index in [1.54, 1.807) is 0 Å². The molecule has 0 aliphatic carbocycles. The quantitative estimate of drug-likeness (QED) is 0.893. The van der Waals surface area contributed by atoms with Crippen molar-refractivity contribution in [1.29, 1.82) is 0 Å². The average molecular weight is 348 g/mol. The molecule has 0 aliphatic heterocycles. The number of carboxylic acids is 1. The van der Waals surface area contributed by atoms with Crippen LogP contribution in [0.15, 0.2) is 28.7 Å². The fourth-order valence-corrected chi connectivity index (χ4v) is 4.53. The third-order valence-corrected chi connectivity index (χ3v) is 5.45. The molecule has 1 heterocycles. The van der Waals surface area contributed by atoms with Crippen LogP contribution in [0, 0.1) is 0 Å². The molecule has 0 fully saturated rings. The normalized spacial score (nSPS) is 11.3. The number of thiazole rings is 1. The zero-order valence-electron chi connectivity index (χ0n) is 10.7. The van der Waals surface area contributed by atoms with Gasteiger partial charge in [-0.2, -0.15) is 0 Å². The lowest BCUT2D eigenvalue weighted by Crippen LogP contribution is -2.10. The van der Waals surface area contributed by atoms with E-state index in [-0.39, 0.29) is 27.0 Å². The fourth-order valence-electron chi connectivity index (χ4n) is 1.75. The maximum absolute atomic E-state index is 12.5. The van der Waals surface area contributed by atoms with Gasteiger partial charge in [-0.05, 0) is 12.1 Å². The first-order valence-corrected chi connectivity index (χ1v) is 8.47. The number of aromatic carboxylic acids is 1. The number of ether oxygens (including phenoxy) is 1. The number of hydrogen-bond acceptors (Lipinski definition) is 6. The van der Waals surface area contributed by atoms with Gasteiger partial charge in [0.2, 0.25) is 0 Å². The summed E-state index contributed by atoms with van der Waals surface area (Å²) in [6, 6.07) is 2.33. The molecule has 6 nitrogen and oxygen atoms in total. The van der Waals surface area contributed by atoms with E-state index in [0.717, 1.165) is 6.07 Å². The number of carbonyl (C=O) groups is 1. The molecule has 0 radical (unpaired) electrons. The topological polar surface area (TPSA) is 93.6 Å². The molecule has 9 heteroatoms. The fraction of sp³-hybridized carbons (Fsp3) is 0.167. The Labute approximate surface area is 129 Å². The molecule has 0 aliphatic rings. The van der Waals surface area contributed by atoms with E-state index in [9.17, 15) is 13.2 Å². The maximum Gasteiger partial charge on any atom is 0.339 e. The Balaban J connectivity index is 2.59. The Hall–Kier alpha value is -1.64. The van der Waals surface area contributed by atoms with Crippen molar-refractivity contribution in [2.75, 3.05) is 7.11 Å². The summed E-state index contributed by atoms with van der Waals surface area (Å²) in [4.78, 5) is 15.3. The number of hydrogen-bond donors (Lipinski definition) is 1. The Morgan fingerprint density at radius 3 is 2.71 bits per heavy atom. The zero-order valence-corrected chi connectivity index (χ0v) is 13.1. The van der Waals surface area contributed by atoms with Crippen molar-refractivity contribution >= 4 is 38.7 Å². The van der Waals surface area contributed by atoms with E-state index >= 15 is 0 Å². The number of rotatable bonds is 5. The van der Waals surface area contributed by atoms with Gasteiger partial charge >= 0.3 is 5.97 Å².